The Labute approximate surface area is 153 Å². The van der Waals surface area contributed by atoms with E-state index in [-0.39, 0.29) is 19.6 Å². The predicted octanol–water partition coefficient (Wildman–Crippen LogP) is 1.55. The van der Waals surface area contributed by atoms with Gasteiger partial charge in [-0.15, -0.1) is 0 Å². The fraction of sp³-hybridized carbons (Fsp3) is 0.250. The first-order valence-electron chi connectivity index (χ1n) is 8.48. The zero-order chi connectivity index (χ0) is 18.8. The Bertz CT molecular complexity index is 678. The van der Waals surface area contributed by atoms with Crippen LogP contribution in [0.2, 0.25) is 0 Å². The van der Waals surface area contributed by atoms with Crippen LogP contribution in [0.1, 0.15) is 17.5 Å². The summed E-state index contributed by atoms with van der Waals surface area (Å²) in [5.41, 5.74) is 7.24. The molecule has 6 nitrogen and oxygen atoms in total. The second-order valence-electron chi connectivity index (χ2n) is 5.88. The van der Waals surface area contributed by atoms with Gasteiger partial charge in [0, 0.05) is 19.6 Å². The van der Waals surface area contributed by atoms with E-state index in [0.29, 0.717) is 19.4 Å². The summed E-state index contributed by atoms with van der Waals surface area (Å²) >= 11 is 0. The summed E-state index contributed by atoms with van der Waals surface area (Å²) in [6, 6.07) is 18.8. The monoisotopic (exact) mass is 353 g/mol. The van der Waals surface area contributed by atoms with Gasteiger partial charge in [0.15, 0.2) is 0 Å². The summed E-state index contributed by atoms with van der Waals surface area (Å²) in [7, 11) is 0. The van der Waals surface area contributed by atoms with Crippen LogP contribution in [0.3, 0.4) is 0 Å². The van der Waals surface area contributed by atoms with E-state index in [2.05, 4.69) is 0 Å². The molecule has 0 spiro atoms. The lowest BCUT2D eigenvalue weighted by Gasteiger charge is -2.24. The maximum atomic E-state index is 12.8. The molecule has 0 aliphatic carbocycles. The van der Waals surface area contributed by atoms with Crippen LogP contribution >= 0.6 is 0 Å². The third kappa shape index (κ3) is 5.53. The van der Waals surface area contributed by atoms with E-state index in [9.17, 15) is 14.4 Å². The zero-order valence-corrected chi connectivity index (χ0v) is 14.6. The molecule has 2 rings (SSSR count). The SMILES string of the molecule is NCCCN(C=O)C(=O)C(=O)N(Cc1ccccc1)Cc1ccccc1. The van der Waals surface area contributed by atoms with Crippen LogP contribution in [0.5, 0.6) is 0 Å². The Balaban J connectivity index is 2.19. The van der Waals surface area contributed by atoms with E-state index in [0.717, 1.165) is 16.0 Å². The van der Waals surface area contributed by atoms with Crippen LogP contribution in [0, 0.1) is 0 Å². The second-order valence-corrected chi connectivity index (χ2v) is 5.88. The maximum Gasteiger partial charge on any atom is 0.318 e. The first-order chi connectivity index (χ1) is 12.7. The molecule has 0 aromatic heterocycles. The number of nitrogens with two attached hydrogens (primary N) is 1. The number of nitrogens with zero attached hydrogens (tertiary/aromatic N) is 2. The van der Waals surface area contributed by atoms with Crippen molar-refractivity contribution in [2.75, 3.05) is 13.1 Å². The molecule has 2 N–H and O–H groups in total. The van der Waals surface area contributed by atoms with Crippen molar-refractivity contribution in [1.82, 2.24) is 9.80 Å². The first-order valence-corrected chi connectivity index (χ1v) is 8.48. The average molecular weight is 353 g/mol. The highest BCUT2D eigenvalue weighted by Gasteiger charge is 2.27. The standard InChI is InChI=1S/C20H23N3O3/c21-12-7-13-22(16-24)19(25)20(26)23(14-17-8-3-1-4-9-17)15-18-10-5-2-6-11-18/h1-6,8-11,16H,7,12-15,21H2. The van der Waals surface area contributed by atoms with Gasteiger partial charge < -0.3 is 10.6 Å². The van der Waals surface area contributed by atoms with Crippen LogP contribution in [0.4, 0.5) is 0 Å². The van der Waals surface area contributed by atoms with Crippen LogP contribution in [-0.2, 0) is 27.5 Å². The van der Waals surface area contributed by atoms with E-state index in [1.807, 2.05) is 60.7 Å². The number of carbonyl (C=O) groups excluding carboxylic acids is 3. The topological polar surface area (TPSA) is 83.7 Å². The van der Waals surface area contributed by atoms with Crippen molar-refractivity contribution in [2.24, 2.45) is 5.73 Å². The molecule has 0 saturated carbocycles. The summed E-state index contributed by atoms with van der Waals surface area (Å²) < 4.78 is 0. The van der Waals surface area contributed by atoms with Gasteiger partial charge in [0.2, 0.25) is 6.41 Å². The number of benzene rings is 2. The zero-order valence-electron chi connectivity index (χ0n) is 14.6. The smallest absolute Gasteiger partial charge is 0.318 e. The molecule has 0 heterocycles. The van der Waals surface area contributed by atoms with Gasteiger partial charge >= 0.3 is 11.8 Å². The number of hydrogen-bond acceptors (Lipinski definition) is 4. The molecule has 136 valence electrons. The maximum absolute atomic E-state index is 12.8. The summed E-state index contributed by atoms with van der Waals surface area (Å²) in [4.78, 5) is 38.8. The second kappa shape index (κ2) is 10.1. The van der Waals surface area contributed by atoms with E-state index in [4.69, 9.17) is 5.73 Å². The average Bonchev–Trinajstić information content (AvgIpc) is 2.69. The fourth-order valence-electron chi connectivity index (χ4n) is 2.53. The molecule has 2 aromatic rings. The van der Waals surface area contributed by atoms with Crippen LogP contribution < -0.4 is 5.73 Å². The van der Waals surface area contributed by atoms with Gasteiger partial charge in [-0.25, -0.2) is 0 Å². The largest absolute Gasteiger partial charge is 0.330 e. The van der Waals surface area contributed by atoms with Gasteiger partial charge in [0.1, 0.15) is 0 Å². The molecule has 0 aliphatic heterocycles. The summed E-state index contributed by atoms with van der Waals surface area (Å²) in [6.45, 7) is 1.03. The van der Waals surface area contributed by atoms with Gasteiger partial charge in [0.05, 0.1) is 0 Å². The molecule has 0 fully saturated rings. The van der Waals surface area contributed by atoms with Crippen molar-refractivity contribution < 1.29 is 14.4 Å². The molecule has 0 radical (unpaired) electrons. The van der Waals surface area contributed by atoms with E-state index in [1.54, 1.807) is 0 Å². The fourth-order valence-corrected chi connectivity index (χ4v) is 2.53. The minimum absolute atomic E-state index is 0.134. The summed E-state index contributed by atoms with van der Waals surface area (Å²) in [5, 5.41) is 0. The van der Waals surface area contributed by atoms with Crippen molar-refractivity contribution in [3.05, 3.63) is 71.8 Å². The number of imide groups is 1. The van der Waals surface area contributed by atoms with Gasteiger partial charge in [-0.2, -0.15) is 0 Å². The first kappa shape index (κ1) is 19.3. The predicted molar refractivity (Wildman–Crippen MR) is 98.6 cm³/mol. The molecule has 6 heteroatoms. The van der Waals surface area contributed by atoms with Crippen LogP contribution in [0.25, 0.3) is 0 Å². The Morgan fingerprint density at radius 1 is 0.846 bits per heavy atom. The number of amides is 3. The molecule has 26 heavy (non-hydrogen) atoms. The molecule has 0 aliphatic rings. The Morgan fingerprint density at radius 3 is 1.77 bits per heavy atom. The lowest BCUT2D eigenvalue weighted by atomic mass is 10.1. The lowest BCUT2D eigenvalue weighted by molar-refractivity contribution is -0.154. The third-order valence-corrected chi connectivity index (χ3v) is 3.89. The summed E-state index contributed by atoms with van der Waals surface area (Å²) in [6.07, 6.45) is 0.842. The van der Waals surface area contributed by atoms with E-state index >= 15 is 0 Å². The minimum Gasteiger partial charge on any atom is -0.330 e. The summed E-state index contributed by atoms with van der Waals surface area (Å²) in [5.74, 6) is -1.54. The number of hydrogen-bond donors (Lipinski definition) is 1. The lowest BCUT2D eigenvalue weighted by Crippen LogP contribution is -2.44. The minimum atomic E-state index is -0.833. The van der Waals surface area contributed by atoms with E-state index < -0.39 is 11.8 Å². The van der Waals surface area contributed by atoms with Crippen molar-refractivity contribution >= 4 is 18.2 Å². The van der Waals surface area contributed by atoms with Crippen molar-refractivity contribution in [1.29, 1.82) is 0 Å². The highest BCUT2D eigenvalue weighted by atomic mass is 16.2. The van der Waals surface area contributed by atoms with Crippen molar-refractivity contribution in [3.63, 3.8) is 0 Å². The molecular formula is C20H23N3O3. The number of rotatable bonds is 8. The van der Waals surface area contributed by atoms with Crippen LogP contribution in [0.15, 0.2) is 60.7 Å². The van der Waals surface area contributed by atoms with Crippen molar-refractivity contribution in [2.45, 2.75) is 19.5 Å². The quantitative estimate of drug-likeness (QED) is 0.576. The Kier molecular flexibility index (Phi) is 7.51. The normalized spacial score (nSPS) is 10.2. The Hall–Kier alpha value is -2.99. The highest BCUT2D eigenvalue weighted by molar-refractivity contribution is 6.36. The molecule has 0 bridgehead atoms. The highest BCUT2D eigenvalue weighted by Crippen LogP contribution is 2.11. The molecular weight excluding hydrogens is 330 g/mol. The molecule has 3 amide bonds. The molecule has 0 saturated heterocycles. The van der Waals surface area contributed by atoms with Gasteiger partial charge in [-0.1, -0.05) is 60.7 Å². The molecule has 0 unspecified atom stereocenters. The van der Waals surface area contributed by atoms with E-state index in [1.165, 1.54) is 4.90 Å². The Morgan fingerprint density at radius 2 is 1.35 bits per heavy atom. The van der Waals surface area contributed by atoms with Crippen LogP contribution in [-0.4, -0.2) is 41.1 Å². The molecule has 2 aromatic carbocycles. The number of carbonyl (C=O) groups is 3. The van der Waals surface area contributed by atoms with Gasteiger partial charge in [-0.3, -0.25) is 19.3 Å². The van der Waals surface area contributed by atoms with Gasteiger partial charge in [-0.05, 0) is 24.1 Å². The third-order valence-electron chi connectivity index (χ3n) is 3.89. The van der Waals surface area contributed by atoms with Gasteiger partial charge in [0.25, 0.3) is 0 Å². The molecule has 0 atom stereocenters. The van der Waals surface area contributed by atoms with Crippen molar-refractivity contribution in [3.8, 4) is 0 Å².